The summed E-state index contributed by atoms with van der Waals surface area (Å²) in [6.45, 7) is 2.17. The molecule has 0 aromatic carbocycles. The molecule has 1 saturated heterocycles. The molecule has 0 aromatic heterocycles. The molecule has 4 fully saturated rings. The molecule has 0 aromatic rings. The summed E-state index contributed by atoms with van der Waals surface area (Å²) in [5.41, 5.74) is 6.83. The summed E-state index contributed by atoms with van der Waals surface area (Å²) < 4.78 is 17.1. The van der Waals surface area contributed by atoms with E-state index in [0.29, 0.717) is 18.1 Å². The summed E-state index contributed by atoms with van der Waals surface area (Å²) in [5.74, 6) is 1.58. The average Bonchev–Trinajstić information content (AvgIpc) is 3.02. The summed E-state index contributed by atoms with van der Waals surface area (Å²) in [6, 6.07) is 0.375. The minimum Gasteiger partial charge on any atom is -0.330 e. The van der Waals surface area contributed by atoms with Gasteiger partial charge in [0.15, 0.2) is 0 Å². The van der Waals surface area contributed by atoms with E-state index in [4.69, 9.17) is 19.9 Å². The molecule has 0 radical (unpaired) electrons. The SMILES string of the molecule is CCOC1O[C@H]2CC3(C[C@@H]2O1)C1CCC(C1)[C@H]3N. The third-order valence-corrected chi connectivity index (χ3v) is 5.91. The molecule has 0 amide bonds. The van der Waals surface area contributed by atoms with Gasteiger partial charge >= 0.3 is 0 Å². The van der Waals surface area contributed by atoms with Gasteiger partial charge in [-0.25, -0.2) is 0 Å². The number of fused-ring (bicyclic) bond motifs is 4. The quantitative estimate of drug-likeness (QED) is 0.812. The minimum absolute atomic E-state index is 0.215. The van der Waals surface area contributed by atoms with E-state index >= 15 is 0 Å². The molecule has 4 rings (SSSR count). The summed E-state index contributed by atoms with van der Waals surface area (Å²) in [6.07, 6.45) is 6.65. The van der Waals surface area contributed by atoms with Crippen molar-refractivity contribution in [2.75, 3.05) is 6.61 Å². The van der Waals surface area contributed by atoms with E-state index in [9.17, 15) is 0 Å². The van der Waals surface area contributed by atoms with Crippen molar-refractivity contribution in [1.29, 1.82) is 0 Å². The second kappa shape index (κ2) is 3.92. The van der Waals surface area contributed by atoms with Gasteiger partial charge in [-0.15, -0.1) is 0 Å². The highest BCUT2D eigenvalue weighted by atomic mass is 16.9. The van der Waals surface area contributed by atoms with Crippen LogP contribution in [0.15, 0.2) is 0 Å². The van der Waals surface area contributed by atoms with E-state index in [-0.39, 0.29) is 12.2 Å². The van der Waals surface area contributed by atoms with Crippen molar-refractivity contribution in [3.8, 4) is 0 Å². The Morgan fingerprint density at radius 1 is 1.22 bits per heavy atom. The Hall–Kier alpha value is -0.160. The molecule has 4 aliphatic rings. The maximum absolute atomic E-state index is 6.51. The molecule has 3 aliphatic carbocycles. The Morgan fingerprint density at radius 2 is 1.94 bits per heavy atom. The number of hydrogen-bond donors (Lipinski definition) is 1. The van der Waals surface area contributed by atoms with E-state index in [1.54, 1.807) is 0 Å². The average molecular weight is 253 g/mol. The zero-order valence-corrected chi connectivity index (χ0v) is 11.0. The molecular formula is C14H23NO3. The third-order valence-electron chi connectivity index (χ3n) is 5.91. The van der Waals surface area contributed by atoms with Crippen LogP contribution in [0.4, 0.5) is 0 Å². The fourth-order valence-electron chi connectivity index (χ4n) is 5.11. The van der Waals surface area contributed by atoms with Crippen LogP contribution >= 0.6 is 0 Å². The Bertz CT molecular complexity index is 330. The van der Waals surface area contributed by atoms with Crippen LogP contribution in [0.1, 0.15) is 39.0 Å². The summed E-state index contributed by atoms with van der Waals surface area (Å²) >= 11 is 0. The third kappa shape index (κ3) is 1.40. The fraction of sp³-hybridized carbons (Fsp3) is 1.00. The zero-order valence-electron chi connectivity index (χ0n) is 11.0. The monoisotopic (exact) mass is 253 g/mol. The maximum atomic E-state index is 6.51. The van der Waals surface area contributed by atoms with Gasteiger partial charge < -0.3 is 19.9 Å². The smallest absolute Gasteiger partial charge is 0.272 e. The van der Waals surface area contributed by atoms with Gasteiger partial charge in [0, 0.05) is 12.6 Å². The van der Waals surface area contributed by atoms with Gasteiger partial charge in [0.2, 0.25) is 0 Å². The van der Waals surface area contributed by atoms with Gasteiger partial charge in [0.05, 0.1) is 12.2 Å². The van der Waals surface area contributed by atoms with Crippen LogP contribution in [0.25, 0.3) is 0 Å². The van der Waals surface area contributed by atoms with Crippen LogP contribution < -0.4 is 5.73 Å². The van der Waals surface area contributed by atoms with Crippen LogP contribution in [0.5, 0.6) is 0 Å². The van der Waals surface area contributed by atoms with Crippen LogP contribution in [-0.2, 0) is 14.2 Å². The van der Waals surface area contributed by atoms with Crippen molar-refractivity contribution in [2.24, 2.45) is 23.0 Å². The molecule has 2 N–H and O–H groups in total. The van der Waals surface area contributed by atoms with E-state index < -0.39 is 6.48 Å². The zero-order chi connectivity index (χ0) is 12.3. The predicted octanol–water partition coefficient (Wildman–Crippen LogP) is 1.63. The van der Waals surface area contributed by atoms with Crippen molar-refractivity contribution < 1.29 is 14.2 Å². The van der Waals surface area contributed by atoms with E-state index in [0.717, 1.165) is 24.7 Å². The topological polar surface area (TPSA) is 53.7 Å². The first kappa shape index (κ1) is 11.6. The largest absolute Gasteiger partial charge is 0.330 e. The van der Waals surface area contributed by atoms with E-state index in [2.05, 4.69) is 0 Å². The maximum Gasteiger partial charge on any atom is 0.272 e. The standard InChI is InChI=1S/C14H23NO3/c1-2-16-13-17-10-6-14(7-11(10)18-13)9-4-3-8(5-9)12(14)15/h8-13H,2-7,15H2,1H3/t8?,9?,10-,11-,12+,13?,14?/m0/s1. The van der Waals surface area contributed by atoms with Crippen molar-refractivity contribution in [2.45, 2.75) is 63.8 Å². The normalized spacial score (nSPS) is 49.3. The van der Waals surface area contributed by atoms with E-state index in [1.165, 1.54) is 19.3 Å². The Labute approximate surface area is 108 Å². The molecule has 3 saturated carbocycles. The first-order chi connectivity index (χ1) is 8.73. The lowest BCUT2D eigenvalue weighted by Crippen LogP contribution is -2.45. The molecule has 18 heavy (non-hydrogen) atoms. The summed E-state index contributed by atoms with van der Waals surface area (Å²) in [7, 11) is 0. The van der Waals surface area contributed by atoms with Crippen molar-refractivity contribution >= 4 is 0 Å². The molecule has 2 unspecified atom stereocenters. The van der Waals surface area contributed by atoms with Gasteiger partial charge in [-0.2, -0.15) is 0 Å². The summed E-state index contributed by atoms with van der Waals surface area (Å²) in [4.78, 5) is 0. The lowest BCUT2D eigenvalue weighted by atomic mass is 9.69. The highest BCUT2D eigenvalue weighted by Gasteiger charge is 2.63. The highest BCUT2D eigenvalue weighted by molar-refractivity contribution is 5.14. The fourth-order valence-corrected chi connectivity index (χ4v) is 5.11. The van der Waals surface area contributed by atoms with Gasteiger partial charge in [-0.3, -0.25) is 0 Å². The minimum atomic E-state index is -0.433. The predicted molar refractivity (Wildman–Crippen MR) is 65.6 cm³/mol. The molecule has 5 atom stereocenters. The number of hydrogen-bond acceptors (Lipinski definition) is 4. The lowest BCUT2D eigenvalue weighted by molar-refractivity contribution is -0.247. The molecule has 1 aliphatic heterocycles. The van der Waals surface area contributed by atoms with E-state index in [1.807, 2.05) is 6.92 Å². The molecule has 102 valence electrons. The first-order valence-corrected chi connectivity index (χ1v) is 7.41. The lowest BCUT2D eigenvalue weighted by Gasteiger charge is -2.40. The van der Waals surface area contributed by atoms with Crippen LogP contribution in [0.3, 0.4) is 0 Å². The number of nitrogens with two attached hydrogens (primary N) is 1. The van der Waals surface area contributed by atoms with Gasteiger partial charge in [0.1, 0.15) is 0 Å². The first-order valence-electron chi connectivity index (χ1n) is 7.41. The van der Waals surface area contributed by atoms with Gasteiger partial charge in [-0.05, 0) is 56.3 Å². The van der Waals surface area contributed by atoms with Crippen LogP contribution in [-0.4, -0.2) is 31.3 Å². The number of ether oxygens (including phenoxy) is 3. The molecule has 1 spiro atoms. The molecular weight excluding hydrogens is 230 g/mol. The Kier molecular flexibility index (Phi) is 2.54. The van der Waals surface area contributed by atoms with Gasteiger partial charge in [-0.1, -0.05) is 0 Å². The second-order valence-corrected chi connectivity index (χ2v) is 6.53. The molecule has 2 bridgehead atoms. The van der Waals surface area contributed by atoms with Crippen molar-refractivity contribution in [3.05, 3.63) is 0 Å². The molecule has 1 heterocycles. The van der Waals surface area contributed by atoms with Crippen molar-refractivity contribution in [1.82, 2.24) is 0 Å². The van der Waals surface area contributed by atoms with Gasteiger partial charge in [0.25, 0.3) is 6.48 Å². The summed E-state index contributed by atoms with van der Waals surface area (Å²) in [5, 5.41) is 0. The number of rotatable bonds is 2. The second-order valence-electron chi connectivity index (χ2n) is 6.53. The Balaban J connectivity index is 1.50. The highest BCUT2D eigenvalue weighted by Crippen LogP contribution is 2.63. The van der Waals surface area contributed by atoms with Crippen LogP contribution in [0, 0.1) is 17.3 Å². The molecule has 4 nitrogen and oxygen atoms in total. The molecule has 4 heteroatoms. The van der Waals surface area contributed by atoms with Crippen molar-refractivity contribution in [3.63, 3.8) is 0 Å². The van der Waals surface area contributed by atoms with Crippen LogP contribution in [0.2, 0.25) is 0 Å². The Morgan fingerprint density at radius 3 is 2.50 bits per heavy atom.